The van der Waals surface area contributed by atoms with Crippen molar-refractivity contribution in [3.05, 3.63) is 58.6 Å². The summed E-state index contributed by atoms with van der Waals surface area (Å²) in [7, 11) is 1.66. The minimum Gasteiger partial charge on any atom is -0.408 e. The molecular formula is C24H28N4O4. The Labute approximate surface area is 186 Å². The standard InChI is InChI=1S/C24H28N4O4/c1-4-28(5-2)15-21(29)23(30)26-19(14-25)12-16-6-8-17(9-7-16)18-10-11-22-20(13-18)27(3)24(31)32-22/h6-11,13,19,21,29H,4-5,12,15H2,1-3H3,(H,26,30)/t19-,21+/m0/s1. The van der Waals surface area contributed by atoms with Gasteiger partial charge in [0.25, 0.3) is 5.91 Å². The van der Waals surface area contributed by atoms with E-state index in [0.717, 1.165) is 29.8 Å². The molecule has 0 unspecified atom stereocenters. The predicted molar refractivity (Wildman–Crippen MR) is 122 cm³/mol. The Balaban J connectivity index is 1.66. The van der Waals surface area contributed by atoms with Gasteiger partial charge in [0.2, 0.25) is 0 Å². The Kier molecular flexibility index (Phi) is 7.46. The van der Waals surface area contributed by atoms with Gasteiger partial charge in [-0.1, -0.05) is 44.2 Å². The second-order valence-electron chi connectivity index (χ2n) is 7.70. The largest absolute Gasteiger partial charge is 0.419 e. The first-order chi connectivity index (χ1) is 15.4. The molecule has 1 amide bonds. The summed E-state index contributed by atoms with van der Waals surface area (Å²) < 4.78 is 6.63. The summed E-state index contributed by atoms with van der Waals surface area (Å²) >= 11 is 0. The Morgan fingerprint density at radius 1 is 1.19 bits per heavy atom. The van der Waals surface area contributed by atoms with Crippen molar-refractivity contribution in [3.63, 3.8) is 0 Å². The highest BCUT2D eigenvalue weighted by atomic mass is 16.4. The van der Waals surface area contributed by atoms with E-state index in [1.807, 2.05) is 55.1 Å². The summed E-state index contributed by atoms with van der Waals surface area (Å²) in [6, 6.07) is 14.6. The molecule has 0 spiro atoms. The molecule has 0 aliphatic rings. The van der Waals surface area contributed by atoms with Gasteiger partial charge >= 0.3 is 5.76 Å². The molecule has 1 aromatic heterocycles. The number of aromatic nitrogens is 1. The van der Waals surface area contributed by atoms with Crippen LogP contribution in [0.25, 0.3) is 22.2 Å². The molecule has 0 fully saturated rings. The fraction of sp³-hybridized carbons (Fsp3) is 0.375. The summed E-state index contributed by atoms with van der Waals surface area (Å²) in [6.45, 7) is 5.63. The second kappa shape index (κ2) is 10.3. The number of nitrogens with one attached hydrogen (secondary N) is 1. The number of oxazole rings is 1. The Morgan fingerprint density at radius 2 is 1.84 bits per heavy atom. The number of carbonyl (C=O) groups excluding carboxylic acids is 1. The van der Waals surface area contributed by atoms with Crippen LogP contribution in [-0.4, -0.2) is 52.3 Å². The van der Waals surface area contributed by atoms with Gasteiger partial charge in [0.1, 0.15) is 12.1 Å². The number of aliphatic hydroxyl groups is 1. The van der Waals surface area contributed by atoms with E-state index in [2.05, 4.69) is 11.4 Å². The lowest BCUT2D eigenvalue weighted by atomic mass is 10.0. The van der Waals surface area contributed by atoms with E-state index in [1.165, 1.54) is 4.57 Å². The van der Waals surface area contributed by atoms with Crippen LogP contribution in [0, 0.1) is 11.3 Å². The van der Waals surface area contributed by atoms with E-state index in [4.69, 9.17) is 4.42 Å². The van der Waals surface area contributed by atoms with E-state index in [-0.39, 0.29) is 6.54 Å². The third kappa shape index (κ3) is 5.25. The first-order valence-corrected chi connectivity index (χ1v) is 10.7. The average molecular weight is 437 g/mol. The number of rotatable bonds is 9. The fourth-order valence-corrected chi connectivity index (χ4v) is 3.58. The van der Waals surface area contributed by atoms with Crippen LogP contribution in [0.15, 0.2) is 51.7 Å². The number of hydrogen-bond donors (Lipinski definition) is 2. The predicted octanol–water partition coefficient (Wildman–Crippen LogP) is 2.05. The van der Waals surface area contributed by atoms with Crippen LogP contribution in [0.5, 0.6) is 0 Å². The van der Waals surface area contributed by atoms with Crippen molar-refractivity contribution in [1.82, 2.24) is 14.8 Å². The van der Waals surface area contributed by atoms with Gasteiger partial charge < -0.3 is 19.7 Å². The molecule has 32 heavy (non-hydrogen) atoms. The molecule has 0 aliphatic heterocycles. The Bertz CT molecular complexity index is 1170. The first kappa shape index (κ1) is 23.3. The zero-order valence-electron chi connectivity index (χ0n) is 18.5. The topological polar surface area (TPSA) is 112 Å². The number of aryl methyl sites for hydroxylation is 1. The lowest BCUT2D eigenvalue weighted by molar-refractivity contribution is -0.130. The van der Waals surface area contributed by atoms with Gasteiger partial charge in [-0.3, -0.25) is 9.36 Å². The molecule has 8 nitrogen and oxygen atoms in total. The van der Waals surface area contributed by atoms with E-state index < -0.39 is 23.8 Å². The second-order valence-corrected chi connectivity index (χ2v) is 7.70. The van der Waals surface area contributed by atoms with Gasteiger partial charge in [0.05, 0.1) is 11.6 Å². The highest BCUT2D eigenvalue weighted by molar-refractivity contribution is 5.81. The minimum atomic E-state index is -1.18. The van der Waals surface area contributed by atoms with Crippen molar-refractivity contribution in [1.29, 1.82) is 5.26 Å². The molecule has 3 rings (SSSR count). The lowest BCUT2D eigenvalue weighted by Crippen LogP contribution is -2.46. The maximum absolute atomic E-state index is 12.3. The number of benzene rings is 2. The van der Waals surface area contributed by atoms with Crippen molar-refractivity contribution < 1.29 is 14.3 Å². The van der Waals surface area contributed by atoms with Crippen molar-refractivity contribution in [2.75, 3.05) is 19.6 Å². The fourth-order valence-electron chi connectivity index (χ4n) is 3.58. The normalized spacial score (nSPS) is 13.1. The average Bonchev–Trinajstić information content (AvgIpc) is 3.10. The zero-order valence-corrected chi connectivity index (χ0v) is 18.5. The number of aliphatic hydroxyl groups excluding tert-OH is 1. The van der Waals surface area contributed by atoms with Crippen molar-refractivity contribution in [2.24, 2.45) is 7.05 Å². The van der Waals surface area contributed by atoms with Crippen LogP contribution in [-0.2, 0) is 18.3 Å². The van der Waals surface area contributed by atoms with Gasteiger partial charge in [-0.25, -0.2) is 4.79 Å². The van der Waals surface area contributed by atoms with Gasteiger partial charge in [0, 0.05) is 20.0 Å². The molecule has 0 radical (unpaired) electrons. The maximum Gasteiger partial charge on any atom is 0.419 e. The maximum atomic E-state index is 12.3. The third-order valence-electron chi connectivity index (χ3n) is 5.62. The number of fused-ring (bicyclic) bond motifs is 1. The smallest absolute Gasteiger partial charge is 0.408 e. The number of hydrogen-bond acceptors (Lipinski definition) is 6. The van der Waals surface area contributed by atoms with Crippen LogP contribution in [0.2, 0.25) is 0 Å². The zero-order chi connectivity index (χ0) is 23.3. The van der Waals surface area contributed by atoms with Crippen molar-refractivity contribution >= 4 is 17.0 Å². The van der Waals surface area contributed by atoms with Crippen LogP contribution in [0.3, 0.4) is 0 Å². The van der Waals surface area contributed by atoms with E-state index in [1.54, 1.807) is 13.1 Å². The molecule has 0 saturated heterocycles. The molecule has 8 heteroatoms. The monoisotopic (exact) mass is 436 g/mol. The summed E-state index contributed by atoms with van der Waals surface area (Å²) in [6.07, 6.45) is -0.850. The SMILES string of the molecule is CCN(CC)C[C@@H](O)C(=O)N[C@H](C#N)Cc1ccc(-c2ccc3oc(=O)n(C)c3c2)cc1. The van der Waals surface area contributed by atoms with Gasteiger partial charge in [-0.05, 0) is 41.9 Å². The molecule has 0 aliphatic carbocycles. The summed E-state index contributed by atoms with van der Waals surface area (Å²) in [5.41, 5.74) is 4.03. The number of nitrogens with zero attached hydrogens (tertiary/aromatic N) is 3. The van der Waals surface area contributed by atoms with Gasteiger partial charge in [-0.2, -0.15) is 5.26 Å². The minimum absolute atomic E-state index is 0.234. The van der Waals surface area contributed by atoms with Crippen LogP contribution in [0.4, 0.5) is 0 Å². The number of amides is 1. The molecule has 2 atom stereocenters. The quantitative estimate of drug-likeness (QED) is 0.531. The van der Waals surface area contributed by atoms with Crippen LogP contribution < -0.4 is 11.1 Å². The molecular weight excluding hydrogens is 408 g/mol. The third-order valence-corrected chi connectivity index (χ3v) is 5.62. The van der Waals surface area contributed by atoms with Crippen LogP contribution >= 0.6 is 0 Å². The van der Waals surface area contributed by atoms with Crippen LogP contribution in [0.1, 0.15) is 19.4 Å². The first-order valence-electron chi connectivity index (χ1n) is 10.7. The summed E-state index contributed by atoms with van der Waals surface area (Å²) in [5, 5.41) is 22.2. The molecule has 3 aromatic rings. The number of carbonyl (C=O) groups is 1. The Morgan fingerprint density at radius 3 is 2.47 bits per heavy atom. The number of nitriles is 1. The van der Waals surface area contributed by atoms with Gasteiger partial charge in [-0.15, -0.1) is 0 Å². The van der Waals surface area contributed by atoms with E-state index in [9.17, 15) is 20.0 Å². The highest BCUT2D eigenvalue weighted by Gasteiger charge is 2.21. The van der Waals surface area contributed by atoms with E-state index >= 15 is 0 Å². The molecule has 168 valence electrons. The molecule has 0 bridgehead atoms. The van der Waals surface area contributed by atoms with Crippen molar-refractivity contribution in [2.45, 2.75) is 32.4 Å². The number of likely N-dealkylation sites (N-methyl/N-ethyl adjacent to an activating group) is 1. The van der Waals surface area contributed by atoms with E-state index in [0.29, 0.717) is 17.5 Å². The molecule has 2 aromatic carbocycles. The lowest BCUT2D eigenvalue weighted by Gasteiger charge is -2.22. The summed E-state index contributed by atoms with van der Waals surface area (Å²) in [4.78, 5) is 25.9. The molecule has 1 heterocycles. The highest BCUT2D eigenvalue weighted by Crippen LogP contribution is 2.24. The van der Waals surface area contributed by atoms with Crippen molar-refractivity contribution in [3.8, 4) is 17.2 Å². The molecule has 2 N–H and O–H groups in total. The Hall–Kier alpha value is -3.41. The summed E-state index contributed by atoms with van der Waals surface area (Å²) in [5.74, 6) is -0.946. The molecule has 0 saturated carbocycles. The van der Waals surface area contributed by atoms with Gasteiger partial charge in [0.15, 0.2) is 5.58 Å².